The Morgan fingerprint density at radius 3 is 2.43 bits per heavy atom. The molecule has 0 unspecified atom stereocenters. The number of carbonyl (C=O) groups excluding carboxylic acids is 1. The zero-order valence-electron chi connectivity index (χ0n) is 18.7. The van der Waals surface area contributed by atoms with Gasteiger partial charge in [0.2, 0.25) is 0 Å². The van der Waals surface area contributed by atoms with Gasteiger partial charge in [0.05, 0.1) is 5.52 Å². The maximum Gasteiger partial charge on any atom is 0.272 e. The number of rotatable bonds is 11. The Hall–Kier alpha value is -1.73. The van der Waals surface area contributed by atoms with E-state index >= 15 is 0 Å². The first-order valence-corrected chi connectivity index (χ1v) is 12.2. The second-order valence-electron chi connectivity index (χ2n) is 8.40. The number of H-pyrrole nitrogens is 1. The van der Waals surface area contributed by atoms with Crippen LogP contribution in [0.4, 0.5) is 0 Å². The highest BCUT2D eigenvalue weighted by atomic mass is 32.1. The van der Waals surface area contributed by atoms with Gasteiger partial charge in [-0.15, -0.1) is 0 Å². The number of hydrogen-bond donors (Lipinski definition) is 1. The van der Waals surface area contributed by atoms with Gasteiger partial charge < -0.3 is 19.4 Å². The summed E-state index contributed by atoms with van der Waals surface area (Å²) in [5.41, 5.74) is 2.23. The first-order chi connectivity index (χ1) is 14.6. The van der Waals surface area contributed by atoms with Crippen LogP contribution in [0.25, 0.3) is 11.2 Å². The summed E-state index contributed by atoms with van der Waals surface area (Å²) in [5.74, 6) is 0.0331. The Bertz CT molecular complexity index is 860. The van der Waals surface area contributed by atoms with E-state index in [1.807, 2.05) is 17.0 Å². The molecule has 1 aliphatic rings. The Balaban J connectivity index is 1.74. The van der Waals surface area contributed by atoms with Crippen LogP contribution < -0.4 is 0 Å². The fraction of sp³-hybridized carbons (Fsp3) is 0.696. The molecule has 30 heavy (non-hydrogen) atoms. The highest BCUT2D eigenvalue weighted by Gasteiger charge is 2.18. The average molecular weight is 432 g/mol. The number of pyridine rings is 1. The fourth-order valence-electron chi connectivity index (χ4n) is 4.17. The van der Waals surface area contributed by atoms with Gasteiger partial charge in [0.15, 0.2) is 10.4 Å². The Kier molecular flexibility index (Phi) is 8.88. The van der Waals surface area contributed by atoms with Crippen LogP contribution in [0.3, 0.4) is 0 Å². The van der Waals surface area contributed by atoms with Crippen molar-refractivity contribution in [2.24, 2.45) is 0 Å². The molecule has 0 spiro atoms. The summed E-state index contributed by atoms with van der Waals surface area (Å²) in [5, 5.41) is 0. The molecule has 2 aromatic rings. The van der Waals surface area contributed by atoms with Crippen molar-refractivity contribution in [2.45, 2.75) is 71.8 Å². The predicted octanol–water partition coefficient (Wildman–Crippen LogP) is 5.01. The number of likely N-dealkylation sites (tertiary alicyclic amines) is 1. The maximum atomic E-state index is 13.2. The maximum absolute atomic E-state index is 13.2. The molecule has 1 aliphatic heterocycles. The van der Waals surface area contributed by atoms with E-state index in [9.17, 15) is 4.79 Å². The average Bonchev–Trinajstić information content (AvgIpc) is 3.08. The van der Waals surface area contributed by atoms with Gasteiger partial charge in [-0.05, 0) is 76.1 Å². The number of carbonyl (C=O) groups is 1. The number of imidazole rings is 1. The first kappa shape index (κ1) is 22.9. The molecule has 1 fully saturated rings. The summed E-state index contributed by atoms with van der Waals surface area (Å²) < 4.78 is 2.75. The van der Waals surface area contributed by atoms with Gasteiger partial charge in [-0.3, -0.25) is 4.79 Å². The number of nitrogens with one attached hydrogen (secondary N) is 1. The molecule has 7 heteroatoms. The van der Waals surface area contributed by atoms with E-state index in [-0.39, 0.29) is 5.91 Å². The second kappa shape index (κ2) is 11.6. The Morgan fingerprint density at radius 2 is 1.77 bits per heavy atom. The van der Waals surface area contributed by atoms with Crippen molar-refractivity contribution in [3.05, 3.63) is 22.6 Å². The lowest BCUT2D eigenvalue weighted by atomic mass is 10.1. The number of amides is 1. The quantitative estimate of drug-likeness (QED) is 0.508. The van der Waals surface area contributed by atoms with Crippen LogP contribution in [-0.4, -0.2) is 63.0 Å². The number of nitrogens with zero attached hydrogens (tertiary/aromatic N) is 4. The zero-order chi connectivity index (χ0) is 21.3. The number of aromatic amines is 1. The third-order valence-electron chi connectivity index (χ3n) is 5.99. The summed E-state index contributed by atoms with van der Waals surface area (Å²) in [4.78, 5) is 25.7. The number of piperidine rings is 1. The molecular weight excluding hydrogens is 394 g/mol. The van der Waals surface area contributed by atoms with Gasteiger partial charge in [0.25, 0.3) is 5.91 Å². The lowest BCUT2D eigenvalue weighted by Gasteiger charge is -2.26. The van der Waals surface area contributed by atoms with Gasteiger partial charge >= 0.3 is 0 Å². The van der Waals surface area contributed by atoms with Crippen LogP contribution in [0.1, 0.15) is 75.7 Å². The summed E-state index contributed by atoms with van der Waals surface area (Å²) >= 11 is 5.56. The summed E-state index contributed by atoms with van der Waals surface area (Å²) in [6.45, 7) is 10.2. The van der Waals surface area contributed by atoms with Crippen LogP contribution in [0.5, 0.6) is 0 Å². The van der Waals surface area contributed by atoms with Gasteiger partial charge in [0, 0.05) is 19.6 Å². The van der Waals surface area contributed by atoms with E-state index in [4.69, 9.17) is 17.2 Å². The number of fused-ring (bicyclic) bond motifs is 1. The van der Waals surface area contributed by atoms with Gasteiger partial charge in [-0.25, -0.2) is 4.98 Å². The van der Waals surface area contributed by atoms with Crippen LogP contribution in [0.2, 0.25) is 0 Å². The van der Waals surface area contributed by atoms with E-state index in [0.29, 0.717) is 10.5 Å². The van der Waals surface area contributed by atoms with E-state index in [1.165, 1.54) is 32.4 Å². The van der Waals surface area contributed by atoms with Crippen LogP contribution in [-0.2, 0) is 6.54 Å². The highest BCUT2D eigenvalue weighted by molar-refractivity contribution is 7.71. The SMILES string of the molecule is CCCCN(CCCC)C(=O)c1ccc2[nH]c(=S)n(CCCN3CCCCC3)c2n1. The minimum atomic E-state index is 0.0331. The summed E-state index contributed by atoms with van der Waals surface area (Å²) in [6, 6.07) is 3.78. The predicted molar refractivity (Wildman–Crippen MR) is 126 cm³/mol. The molecule has 0 aromatic carbocycles. The summed E-state index contributed by atoms with van der Waals surface area (Å²) in [7, 11) is 0. The molecule has 3 rings (SSSR count). The molecule has 2 aromatic heterocycles. The van der Waals surface area contributed by atoms with E-state index in [1.54, 1.807) is 0 Å². The molecule has 0 atom stereocenters. The first-order valence-electron chi connectivity index (χ1n) is 11.7. The normalized spacial score (nSPS) is 15.0. The molecule has 166 valence electrons. The zero-order valence-corrected chi connectivity index (χ0v) is 19.5. The van der Waals surface area contributed by atoms with Crippen LogP contribution in [0.15, 0.2) is 12.1 Å². The lowest BCUT2D eigenvalue weighted by Crippen LogP contribution is -2.33. The molecule has 1 N–H and O–H groups in total. The third-order valence-corrected chi connectivity index (χ3v) is 6.31. The van der Waals surface area contributed by atoms with E-state index < -0.39 is 0 Å². The molecule has 0 bridgehead atoms. The van der Waals surface area contributed by atoms with Crippen molar-refractivity contribution in [3.8, 4) is 0 Å². The molecule has 1 saturated heterocycles. The largest absolute Gasteiger partial charge is 0.337 e. The number of aromatic nitrogens is 3. The highest BCUT2D eigenvalue weighted by Crippen LogP contribution is 2.16. The van der Waals surface area contributed by atoms with Gasteiger partial charge in [0.1, 0.15) is 5.69 Å². The van der Waals surface area contributed by atoms with Crippen molar-refractivity contribution in [2.75, 3.05) is 32.7 Å². The summed E-state index contributed by atoms with van der Waals surface area (Å²) in [6.07, 6.45) is 9.23. The lowest BCUT2D eigenvalue weighted by molar-refractivity contribution is 0.0745. The topological polar surface area (TPSA) is 57.2 Å². The molecule has 6 nitrogen and oxygen atoms in total. The fourth-order valence-corrected chi connectivity index (χ4v) is 4.46. The van der Waals surface area contributed by atoms with Crippen molar-refractivity contribution in [1.82, 2.24) is 24.3 Å². The second-order valence-corrected chi connectivity index (χ2v) is 8.79. The van der Waals surface area contributed by atoms with Crippen LogP contribution >= 0.6 is 12.2 Å². The molecule has 3 heterocycles. The Labute approximate surface area is 185 Å². The minimum Gasteiger partial charge on any atom is -0.337 e. The van der Waals surface area contributed by atoms with Crippen molar-refractivity contribution in [3.63, 3.8) is 0 Å². The number of unbranched alkanes of at least 4 members (excludes halogenated alkanes) is 2. The van der Waals surface area contributed by atoms with Gasteiger partial charge in [-0.2, -0.15) is 0 Å². The Morgan fingerprint density at radius 1 is 1.07 bits per heavy atom. The molecule has 0 aliphatic carbocycles. The molecule has 1 amide bonds. The number of hydrogen-bond acceptors (Lipinski definition) is 4. The third kappa shape index (κ3) is 5.91. The van der Waals surface area contributed by atoms with E-state index in [2.05, 4.69) is 28.3 Å². The molecular formula is C23H37N5OS. The van der Waals surface area contributed by atoms with Crippen molar-refractivity contribution < 1.29 is 4.79 Å². The van der Waals surface area contributed by atoms with E-state index in [0.717, 1.165) is 69.4 Å². The van der Waals surface area contributed by atoms with Crippen LogP contribution in [0, 0.1) is 4.77 Å². The van der Waals surface area contributed by atoms with Crippen molar-refractivity contribution in [1.29, 1.82) is 0 Å². The molecule has 0 radical (unpaired) electrons. The smallest absolute Gasteiger partial charge is 0.272 e. The monoisotopic (exact) mass is 431 g/mol. The standard InChI is InChI=1S/C23H37N5OS/c1-3-5-16-27(17-6-4-2)22(29)20-12-11-19-21(24-20)28(23(30)25-19)18-10-15-26-13-8-7-9-14-26/h11-12H,3-10,13-18H2,1-2H3,(H,25,30). The number of aryl methyl sites for hydroxylation is 1. The molecule has 0 saturated carbocycles. The van der Waals surface area contributed by atoms with Crippen molar-refractivity contribution >= 4 is 29.3 Å². The minimum absolute atomic E-state index is 0.0331. The van der Waals surface area contributed by atoms with Gasteiger partial charge in [-0.1, -0.05) is 33.1 Å².